The molecule has 1 rings (SSSR count). The second-order valence-electron chi connectivity index (χ2n) is 3.24. The Kier molecular flexibility index (Phi) is 3.04. The van der Waals surface area contributed by atoms with Crippen LogP contribution < -0.4 is 0 Å². The second kappa shape index (κ2) is 3.77. The van der Waals surface area contributed by atoms with Gasteiger partial charge in [0.15, 0.2) is 0 Å². The molecule has 0 radical (unpaired) electrons. The molecule has 1 aromatic heterocycles. The summed E-state index contributed by atoms with van der Waals surface area (Å²) in [6.45, 7) is 3.69. The van der Waals surface area contributed by atoms with Crippen LogP contribution in [0.15, 0.2) is 12.3 Å². The second-order valence-corrected chi connectivity index (χ2v) is 3.65. The summed E-state index contributed by atoms with van der Waals surface area (Å²) in [6.07, 6.45) is -3.25. The van der Waals surface area contributed by atoms with E-state index in [2.05, 4.69) is 4.98 Å². The van der Waals surface area contributed by atoms with Gasteiger partial charge in [-0.25, -0.2) is 0 Å². The van der Waals surface area contributed by atoms with Gasteiger partial charge in [-0.1, -0.05) is 25.4 Å². The van der Waals surface area contributed by atoms with Crippen molar-refractivity contribution in [3.05, 3.63) is 28.5 Å². The SMILES string of the molecule is CC(C)c1cnc(C(F)(F)F)cc1Cl. The molecule has 0 saturated carbocycles. The van der Waals surface area contributed by atoms with Crippen molar-refractivity contribution in [2.75, 3.05) is 0 Å². The van der Waals surface area contributed by atoms with Crippen molar-refractivity contribution >= 4 is 11.6 Å². The number of halogens is 4. The van der Waals surface area contributed by atoms with Gasteiger partial charge in [-0.2, -0.15) is 13.2 Å². The molecule has 0 aromatic carbocycles. The lowest BCUT2D eigenvalue weighted by molar-refractivity contribution is -0.141. The van der Waals surface area contributed by atoms with Crippen LogP contribution in [0.2, 0.25) is 5.02 Å². The summed E-state index contributed by atoms with van der Waals surface area (Å²) in [5, 5.41) is 0.113. The number of hydrogen-bond acceptors (Lipinski definition) is 1. The highest BCUT2D eigenvalue weighted by molar-refractivity contribution is 6.31. The van der Waals surface area contributed by atoms with Crippen LogP contribution in [0, 0.1) is 0 Å². The average Bonchev–Trinajstić information content (AvgIpc) is 2.01. The first kappa shape index (κ1) is 11.3. The van der Waals surface area contributed by atoms with Crippen molar-refractivity contribution in [1.29, 1.82) is 0 Å². The number of hydrogen-bond donors (Lipinski definition) is 0. The van der Waals surface area contributed by atoms with Crippen molar-refractivity contribution in [2.45, 2.75) is 25.9 Å². The normalized spacial score (nSPS) is 12.2. The molecule has 0 aliphatic heterocycles. The molecular weight excluding hydrogens is 215 g/mol. The Morgan fingerprint density at radius 3 is 2.29 bits per heavy atom. The number of rotatable bonds is 1. The van der Waals surface area contributed by atoms with Gasteiger partial charge in [0.25, 0.3) is 0 Å². The smallest absolute Gasteiger partial charge is 0.251 e. The van der Waals surface area contributed by atoms with Gasteiger partial charge in [0.2, 0.25) is 0 Å². The molecule has 0 aliphatic rings. The zero-order valence-electron chi connectivity index (χ0n) is 7.69. The molecule has 1 aromatic rings. The van der Waals surface area contributed by atoms with Crippen LogP contribution in [-0.4, -0.2) is 4.98 Å². The minimum atomic E-state index is -4.43. The van der Waals surface area contributed by atoms with Crippen molar-refractivity contribution in [2.24, 2.45) is 0 Å². The molecule has 14 heavy (non-hydrogen) atoms. The summed E-state index contributed by atoms with van der Waals surface area (Å²) in [4.78, 5) is 3.32. The van der Waals surface area contributed by atoms with E-state index in [-0.39, 0.29) is 10.9 Å². The van der Waals surface area contributed by atoms with Crippen molar-refractivity contribution in [3.8, 4) is 0 Å². The van der Waals surface area contributed by atoms with E-state index in [4.69, 9.17) is 11.6 Å². The van der Waals surface area contributed by atoms with Crippen molar-refractivity contribution < 1.29 is 13.2 Å². The minimum absolute atomic E-state index is 0.0669. The van der Waals surface area contributed by atoms with Gasteiger partial charge in [0.1, 0.15) is 5.69 Å². The molecular formula is C9H9ClF3N. The standard InChI is InChI=1S/C9H9ClF3N/c1-5(2)6-4-14-8(3-7(6)10)9(11,12)13/h3-5H,1-2H3. The van der Waals surface area contributed by atoms with Crippen molar-refractivity contribution in [1.82, 2.24) is 4.98 Å². The van der Waals surface area contributed by atoms with E-state index in [1.54, 1.807) is 0 Å². The molecule has 0 bridgehead atoms. The highest BCUT2D eigenvalue weighted by Crippen LogP contribution is 2.31. The van der Waals surface area contributed by atoms with E-state index >= 15 is 0 Å². The summed E-state index contributed by atoms with van der Waals surface area (Å²) in [5.74, 6) is 0.0669. The molecule has 0 spiro atoms. The highest BCUT2D eigenvalue weighted by Gasteiger charge is 2.32. The van der Waals surface area contributed by atoms with Crippen LogP contribution in [0.5, 0.6) is 0 Å². The molecule has 0 atom stereocenters. The van der Waals surface area contributed by atoms with Gasteiger partial charge in [-0.3, -0.25) is 4.98 Å². The van der Waals surface area contributed by atoms with E-state index in [1.165, 1.54) is 6.20 Å². The first-order chi connectivity index (χ1) is 6.32. The summed E-state index contributed by atoms with van der Waals surface area (Å²) in [6, 6.07) is 0.858. The van der Waals surface area contributed by atoms with Crippen LogP contribution in [0.1, 0.15) is 31.0 Å². The quantitative estimate of drug-likeness (QED) is 0.704. The summed E-state index contributed by atoms with van der Waals surface area (Å²) in [7, 11) is 0. The van der Waals surface area contributed by atoms with Crippen molar-refractivity contribution in [3.63, 3.8) is 0 Å². The van der Waals surface area contributed by atoms with E-state index in [1.807, 2.05) is 13.8 Å². The summed E-state index contributed by atoms with van der Waals surface area (Å²) < 4.78 is 36.5. The van der Waals surface area contributed by atoms with E-state index < -0.39 is 11.9 Å². The van der Waals surface area contributed by atoms with Crippen LogP contribution in [0.25, 0.3) is 0 Å². The molecule has 0 N–H and O–H groups in total. The van der Waals surface area contributed by atoms with Gasteiger partial charge >= 0.3 is 6.18 Å². The third kappa shape index (κ3) is 2.38. The number of pyridine rings is 1. The van der Waals surface area contributed by atoms with E-state index in [0.29, 0.717) is 5.56 Å². The zero-order valence-corrected chi connectivity index (χ0v) is 8.45. The maximum absolute atomic E-state index is 12.2. The zero-order chi connectivity index (χ0) is 10.9. The molecule has 5 heteroatoms. The van der Waals surface area contributed by atoms with Gasteiger partial charge in [0, 0.05) is 11.2 Å². The molecule has 0 aliphatic carbocycles. The molecule has 0 fully saturated rings. The Morgan fingerprint density at radius 2 is 1.93 bits per heavy atom. The van der Waals surface area contributed by atoms with Gasteiger partial charge in [-0.05, 0) is 17.5 Å². The fourth-order valence-electron chi connectivity index (χ4n) is 1.02. The number of alkyl halides is 3. The topological polar surface area (TPSA) is 12.9 Å². The largest absolute Gasteiger partial charge is 0.433 e. The number of nitrogens with zero attached hydrogens (tertiary/aromatic N) is 1. The lowest BCUT2D eigenvalue weighted by atomic mass is 10.1. The lowest BCUT2D eigenvalue weighted by Gasteiger charge is -2.10. The molecule has 0 amide bonds. The van der Waals surface area contributed by atoms with Gasteiger partial charge in [0.05, 0.1) is 0 Å². The van der Waals surface area contributed by atoms with Crippen LogP contribution in [-0.2, 0) is 6.18 Å². The molecule has 0 unspecified atom stereocenters. The predicted molar refractivity (Wildman–Crippen MR) is 48.3 cm³/mol. The number of aromatic nitrogens is 1. The Morgan fingerprint density at radius 1 is 1.36 bits per heavy atom. The van der Waals surface area contributed by atoms with Crippen LogP contribution >= 0.6 is 11.6 Å². The van der Waals surface area contributed by atoms with Gasteiger partial charge < -0.3 is 0 Å². The maximum Gasteiger partial charge on any atom is 0.433 e. The third-order valence-electron chi connectivity index (χ3n) is 1.79. The summed E-state index contributed by atoms with van der Waals surface area (Å²) >= 11 is 5.69. The third-order valence-corrected chi connectivity index (χ3v) is 2.12. The monoisotopic (exact) mass is 223 g/mol. The highest BCUT2D eigenvalue weighted by atomic mass is 35.5. The molecule has 1 nitrogen and oxygen atoms in total. The Bertz CT molecular complexity index is 333. The Balaban J connectivity index is 3.13. The fraction of sp³-hybridized carbons (Fsp3) is 0.444. The molecule has 78 valence electrons. The average molecular weight is 224 g/mol. The lowest BCUT2D eigenvalue weighted by Crippen LogP contribution is -2.08. The van der Waals surface area contributed by atoms with E-state index in [0.717, 1.165) is 6.07 Å². The molecule has 1 heterocycles. The Hall–Kier alpha value is -0.770. The van der Waals surface area contributed by atoms with Crippen LogP contribution in [0.4, 0.5) is 13.2 Å². The molecule has 0 saturated heterocycles. The minimum Gasteiger partial charge on any atom is -0.251 e. The Labute approximate surface area is 84.9 Å². The first-order valence-corrected chi connectivity index (χ1v) is 4.43. The fourth-order valence-corrected chi connectivity index (χ4v) is 1.39. The maximum atomic E-state index is 12.2. The van der Waals surface area contributed by atoms with E-state index in [9.17, 15) is 13.2 Å². The predicted octanol–water partition coefficient (Wildman–Crippen LogP) is 3.88. The van der Waals surface area contributed by atoms with Crippen LogP contribution in [0.3, 0.4) is 0 Å². The van der Waals surface area contributed by atoms with Gasteiger partial charge in [-0.15, -0.1) is 0 Å². The first-order valence-electron chi connectivity index (χ1n) is 4.05. The summed E-state index contributed by atoms with van der Waals surface area (Å²) in [5.41, 5.74) is -0.327.